The summed E-state index contributed by atoms with van der Waals surface area (Å²) in [6, 6.07) is 142. The molecule has 0 radical (unpaired) electrons. The molecule has 0 unspecified atom stereocenters. The van der Waals surface area contributed by atoms with E-state index in [1.165, 1.54) is 89.0 Å². The minimum atomic E-state index is -0.124. The molecular weight excluding hydrogens is 1720 g/mol. The van der Waals surface area contributed by atoms with Crippen molar-refractivity contribution in [3.05, 3.63) is 451 Å². The van der Waals surface area contributed by atoms with E-state index in [4.69, 9.17) is 58.1 Å². The maximum atomic E-state index is 6.74. The smallest absolute Gasteiger partial charge is 0.164 e. The fourth-order valence-corrected chi connectivity index (χ4v) is 22.3. The van der Waals surface area contributed by atoms with Crippen LogP contribution in [-0.2, 0) is 21.7 Å². The van der Waals surface area contributed by atoms with Crippen LogP contribution in [-0.4, -0.2) is 44.9 Å². The summed E-state index contributed by atoms with van der Waals surface area (Å²) >= 11 is 0. The van der Waals surface area contributed by atoms with Gasteiger partial charge in [0.2, 0.25) is 0 Å². The predicted octanol–water partition coefficient (Wildman–Crippen LogP) is 32.9. The van der Waals surface area contributed by atoms with Gasteiger partial charge in [0.25, 0.3) is 0 Å². The number of hydrogen-bond acceptors (Lipinski definition) is 12. The summed E-state index contributed by atoms with van der Waals surface area (Å²) < 4.78 is 19.6. The zero-order chi connectivity index (χ0) is 94.7. The van der Waals surface area contributed by atoms with Crippen molar-refractivity contribution in [3.8, 4) is 169 Å². The van der Waals surface area contributed by atoms with Gasteiger partial charge in [0.1, 0.15) is 33.5 Å². The van der Waals surface area contributed by atoms with Gasteiger partial charge in [-0.2, -0.15) is 0 Å². The van der Waals surface area contributed by atoms with E-state index in [1.807, 2.05) is 140 Å². The molecule has 0 amide bonds. The lowest BCUT2D eigenvalue weighted by atomic mass is 9.82. The van der Waals surface area contributed by atoms with Crippen molar-refractivity contribution in [2.75, 3.05) is 0 Å². The Bertz CT molecular complexity index is 9160. The van der Waals surface area contributed by atoms with Crippen LogP contribution < -0.4 is 0 Å². The first kappa shape index (κ1) is 83.9. The summed E-state index contributed by atoms with van der Waals surface area (Å²) in [6.45, 7) is 18.4. The molecule has 0 spiro atoms. The standard InChI is InChI=1S/C51H37N3O.C42H29N3O.C36H25N3O/c1-50(2)41-22-11-9-17-36(41)45-37(20-13-23-42(45)50)49-53-47(31-14-6-5-7-15-31)52-48(54-49)32-26-24-30(25-27-32)33-18-12-19-35-39-28-38-34-16-8-10-21-40(34)51(3,4)43(38)29-44(39)55-46(33)35;1-42(2)35-20-12-11-18-30(35)32-24-34-33-23-28(21-22-37(33)46-38(34)25-36(32)42)40-43-39(27-15-7-4-8-16-27)44-41(45-40)31-19-10-9-17-29(31)26-13-5-3-6-14-26;1-36(2)29-16-10-9-15-25(29)26-20-28-27-19-24(17-18-31(27)40-32(28)21-30(26)36)35-38-33(22-11-5-3-6-12-22)37-34(39-35)23-13-7-4-8-14-23/h5-29H,1-4H3;3-25H,1-2H3;3-21H,1-2H3. The molecule has 0 saturated carbocycles. The van der Waals surface area contributed by atoms with Crippen LogP contribution in [0, 0.1) is 0 Å². The number of para-hydroxylation sites is 1. The third kappa shape index (κ3) is 13.9. The van der Waals surface area contributed by atoms with Crippen molar-refractivity contribution in [1.29, 1.82) is 0 Å². The molecule has 4 aliphatic rings. The molecule has 670 valence electrons. The molecule has 141 heavy (non-hydrogen) atoms. The molecule has 4 aliphatic carbocycles. The fraction of sp³-hybridized carbons (Fsp3) is 0.0930. The second-order valence-electron chi connectivity index (χ2n) is 39.4. The minimum Gasteiger partial charge on any atom is -0.456 e. The van der Waals surface area contributed by atoms with E-state index in [-0.39, 0.29) is 21.7 Å². The Balaban J connectivity index is 0.000000110. The molecule has 18 aromatic carbocycles. The third-order valence-corrected chi connectivity index (χ3v) is 29.7. The molecule has 0 bridgehead atoms. The van der Waals surface area contributed by atoms with Gasteiger partial charge in [-0.05, 0) is 179 Å². The van der Waals surface area contributed by atoms with Crippen LogP contribution in [0.15, 0.2) is 420 Å². The number of hydrogen-bond donors (Lipinski definition) is 0. The Kier molecular flexibility index (Phi) is 19.4. The zero-order valence-corrected chi connectivity index (χ0v) is 78.9. The number of rotatable bonds is 11. The Morgan fingerprint density at radius 1 is 0.149 bits per heavy atom. The zero-order valence-electron chi connectivity index (χ0n) is 78.9. The highest BCUT2D eigenvalue weighted by Gasteiger charge is 2.41. The molecule has 12 heteroatoms. The maximum Gasteiger partial charge on any atom is 0.164 e. The summed E-state index contributed by atoms with van der Waals surface area (Å²) in [5.41, 5.74) is 38.6. The van der Waals surface area contributed by atoms with Gasteiger partial charge < -0.3 is 13.3 Å². The minimum absolute atomic E-state index is 0.0726. The molecule has 0 saturated heterocycles. The molecule has 6 aromatic heterocycles. The molecule has 0 fully saturated rings. The Labute approximate surface area is 815 Å². The molecule has 12 nitrogen and oxygen atoms in total. The summed E-state index contributed by atoms with van der Waals surface area (Å²) in [5.74, 6) is 5.79. The van der Waals surface area contributed by atoms with Crippen molar-refractivity contribution >= 4 is 65.8 Å². The Hall–Kier alpha value is -17.6. The van der Waals surface area contributed by atoms with Crippen LogP contribution >= 0.6 is 0 Å². The second kappa shape index (κ2) is 32.5. The van der Waals surface area contributed by atoms with Gasteiger partial charge in [0.05, 0.1) is 0 Å². The lowest BCUT2D eigenvalue weighted by Gasteiger charge is -2.21. The first-order valence-corrected chi connectivity index (χ1v) is 48.2. The van der Waals surface area contributed by atoms with Crippen molar-refractivity contribution in [2.45, 2.75) is 77.0 Å². The van der Waals surface area contributed by atoms with Crippen molar-refractivity contribution in [2.24, 2.45) is 0 Å². The van der Waals surface area contributed by atoms with Crippen LogP contribution in [0.2, 0.25) is 0 Å². The molecule has 0 N–H and O–H groups in total. The number of furan rings is 3. The van der Waals surface area contributed by atoms with E-state index in [0.717, 1.165) is 138 Å². The van der Waals surface area contributed by atoms with Gasteiger partial charge in [0, 0.05) is 110 Å². The fourth-order valence-electron chi connectivity index (χ4n) is 22.3. The Morgan fingerprint density at radius 2 is 0.411 bits per heavy atom. The van der Waals surface area contributed by atoms with Crippen LogP contribution in [0.3, 0.4) is 0 Å². The highest BCUT2D eigenvalue weighted by molar-refractivity contribution is 6.13. The molecular formula is C129H91N9O3. The summed E-state index contributed by atoms with van der Waals surface area (Å²) in [6.07, 6.45) is 0. The van der Waals surface area contributed by atoms with Crippen molar-refractivity contribution in [3.63, 3.8) is 0 Å². The molecule has 0 atom stereocenters. The normalized spacial score (nSPS) is 13.8. The lowest BCUT2D eigenvalue weighted by Crippen LogP contribution is -2.14. The van der Waals surface area contributed by atoms with E-state index in [9.17, 15) is 0 Å². The van der Waals surface area contributed by atoms with E-state index in [2.05, 4.69) is 322 Å². The number of aromatic nitrogens is 9. The summed E-state index contributed by atoms with van der Waals surface area (Å²) in [5, 5.41) is 6.56. The number of nitrogens with zero attached hydrogens (tertiary/aromatic N) is 9. The van der Waals surface area contributed by atoms with Gasteiger partial charge >= 0.3 is 0 Å². The number of fused-ring (bicyclic) bond motifs is 21. The maximum absolute atomic E-state index is 6.74. The van der Waals surface area contributed by atoms with Crippen molar-refractivity contribution in [1.82, 2.24) is 44.9 Å². The average Bonchev–Trinajstić information content (AvgIpc) is 1.57. The highest BCUT2D eigenvalue weighted by atomic mass is 16.3. The van der Waals surface area contributed by atoms with Gasteiger partial charge in [-0.3, -0.25) is 0 Å². The molecule has 0 aliphatic heterocycles. The van der Waals surface area contributed by atoms with Gasteiger partial charge in [-0.1, -0.05) is 389 Å². The second-order valence-corrected chi connectivity index (χ2v) is 39.4. The van der Waals surface area contributed by atoms with Gasteiger partial charge in [0.15, 0.2) is 52.4 Å². The molecule has 6 heterocycles. The first-order chi connectivity index (χ1) is 68.9. The van der Waals surface area contributed by atoms with Crippen LogP contribution in [0.4, 0.5) is 0 Å². The first-order valence-electron chi connectivity index (χ1n) is 48.2. The van der Waals surface area contributed by atoms with Crippen LogP contribution in [0.25, 0.3) is 235 Å². The van der Waals surface area contributed by atoms with Gasteiger partial charge in [-0.15, -0.1) is 0 Å². The highest BCUT2D eigenvalue weighted by Crippen LogP contribution is 2.57. The molecule has 24 aromatic rings. The van der Waals surface area contributed by atoms with Gasteiger partial charge in [-0.25, -0.2) is 44.9 Å². The largest absolute Gasteiger partial charge is 0.456 e. The van der Waals surface area contributed by atoms with Crippen LogP contribution in [0.5, 0.6) is 0 Å². The monoisotopic (exact) mass is 1810 g/mol. The van der Waals surface area contributed by atoms with Crippen LogP contribution in [0.1, 0.15) is 99.9 Å². The predicted molar refractivity (Wildman–Crippen MR) is 571 cm³/mol. The van der Waals surface area contributed by atoms with E-state index in [1.54, 1.807) is 0 Å². The van der Waals surface area contributed by atoms with E-state index < -0.39 is 0 Å². The Morgan fingerprint density at radius 3 is 0.830 bits per heavy atom. The lowest BCUT2D eigenvalue weighted by molar-refractivity contribution is 0.647. The topological polar surface area (TPSA) is 155 Å². The summed E-state index contributed by atoms with van der Waals surface area (Å²) in [7, 11) is 0. The number of benzene rings is 18. The third-order valence-electron chi connectivity index (χ3n) is 29.7. The molecule has 28 rings (SSSR count). The quantitative estimate of drug-likeness (QED) is 0.121. The van der Waals surface area contributed by atoms with Crippen molar-refractivity contribution < 1.29 is 13.3 Å². The average molecular weight is 1820 g/mol. The summed E-state index contributed by atoms with van der Waals surface area (Å²) in [4.78, 5) is 45.2. The van der Waals surface area contributed by atoms with E-state index >= 15 is 0 Å². The van der Waals surface area contributed by atoms with E-state index in [0.29, 0.717) is 52.4 Å². The SMILES string of the molecule is CC1(C)c2ccccc2-c2cc3c(cc21)oc1c(-c2ccc(-c4nc(-c5ccccc5)nc(-c5cccc6c5-c5ccccc5C6(C)C)n4)cc2)cccc13.CC1(C)c2ccccc2-c2cc3c(cc21)oc1ccc(-c2nc(-c4ccccc4)nc(-c4ccccc4)n2)cc13.CC1(C)c2ccccc2-c2cc3c(cc21)oc1ccc(-c2nc(-c4ccccc4)nc(-c4ccccc4-c4ccccc4)n2)cc13.